The highest BCUT2D eigenvalue weighted by Crippen LogP contribution is 2.29. The van der Waals surface area contributed by atoms with Crippen molar-refractivity contribution < 1.29 is 23.3 Å². The van der Waals surface area contributed by atoms with E-state index in [-0.39, 0.29) is 5.56 Å². The Morgan fingerprint density at radius 2 is 1.63 bits per heavy atom. The summed E-state index contributed by atoms with van der Waals surface area (Å²) in [6.07, 6.45) is 1.55. The van der Waals surface area contributed by atoms with Gasteiger partial charge in [-0.2, -0.15) is 0 Å². The summed E-state index contributed by atoms with van der Waals surface area (Å²) in [4.78, 5) is 24.7. The van der Waals surface area contributed by atoms with Gasteiger partial charge in [-0.15, -0.1) is 0 Å². The van der Waals surface area contributed by atoms with Crippen molar-refractivity contribution in [2.45, 2.75) is 4.90 Å². The van der Waals surface area contributed by atoms with Gasteiger partial charge in [0.1, 0.15) is 11.5 Å². The lowest BCUT2D eigenvalue weighted by Crippen LogP contribution is -2.20. The summed E-state index contributed by atoms with van der Waals surface area (Å²) in [5.74, 6) is -0.0264. The molecule has 8 heteroatoms. The number of carbonyl (C=O) groups excluding carboxylic acids is 2. The maximum atomic E-state index is 12.0. The molecule has 0 radical (unpaired) electrons. The lowest BCUT2D eigenvalue weighted by atomic mass is 10.2. The van der Waals surface area contributed by atoms with Crippen molar-refractivity contribution in [3.63, 3.8) is 0 Å². The molecule has 0 spiro atoms. The Hall–Kier alpha value is -3.16. The summed E-state index contributed by atoms with van der Waals surface area (Å²) < 4.78 is 22.1. The van der Waals surface area contributed by atoms with Gasteiger partial charge in [-0.3, -0.25) is 9.00 Å². The van der Waals surface area contributed by atoms with Crippen molar-refractivity contribution >= 4 is 40.0 Å². The molecule has 0 saturated heterocycles. The Kier molecular flexibility index (Phi) is 7.21. The topological polar surface area (TPSA) is 81.7 Å². The van der Waals surface area contributed by atoms with E-state index < -0.39 is 29.3 Å². The molecule has 6 nitrogen and oxygen atoms in total. The molecule has 154 valence electrons. The highest BCUT2D eigenvalue weighted by atomic mass is 35.5. The second-order valence-corrected chi connectivity index (χ2v) is 7.95. The molecule has 0 fully saturated rings. The van der Waals surface area contributed by atoms with Gasteiger partial charge in [0.05, 0.1) is 10.6 Å². The van der Waals surface area contributed by atoms with Gasteiger partial charge in [-0.25, -0.2) is 4.79 Å². The van der Waals surface area contributed by atoms with Gasteiger partial charge < -0.3 is 14.8 Å². The standard InChI is InChI=1S/C22H18ClNO5S/c1-30(27)18-12-6-15(7-13-18)22(26)28-14-21(25)24-16-8-10-17(11-9-16)29-20-5-3-2-4-19(20)23/h2-13H,14H2,1H3,(H,24,25). The zero-order valence-corrected chi connectivity index (χ0v) is 17.5. The fourth-order valence-electron chi connectivity index (χ4n) is 2.45. The molecule has 1 amide bonds. The van der Waals surface area contributed by atoms with Gasteiger partial charge in [0, 0.05) is 27.6 Å². The molecule has 3 aromatic carbocycles. The molecule has 1 atom stereocenters. The molecular weight excluding hydrogens is 426 g/mol. The molecule has 0 aromatic heterocycles. The number of anilines is 1. The van der Waals surface area contributed by atoms with E-state index in [1.54, 1.807) is 54.8 Å². The van der Waals surface area contributed by atoms with Gasteiger partial charge in [0.15, 0.2) is 6.61 Å². The third kappa shape index (κ3) is 5.92. The Bertz CT molecular complexity index is 1070. The Morgan fingerprint density at radius 3 is 2.27 bits per heavy atom. The van der Waals surface area contributed by atoms with Gasteiger partial charge >= 0.3 is 5.97 Å². The lowest BCUT2D eigenvalue weighted by molar-refractivity contribution is -0.119. The zero-order valence-electron chi connectivity index (χ0n) is 16.0. The van der Waals surface area contributed by atoms with Crippen LogP contribution in [-0.2, 0) is 20.3 Å². The molecule has 3 rings (SSSR count). The van der Waals surface area contributed by atoms with Gasteiger partial charge in [-0.1, -0.05) is 23.7 Å². The fraction of sp³-hybridized carbons (Fsp3) is 0.0909. The molecule has 0 aliphatic rings. The number of carbonyl (C=O) groups is 2. The summed E-state index contributed by atoms with van der Waals surface area (Å²) in [5.41, 5.74) is 0.801. The highest BCUT2D eigenvalue weighted by Gasteiger charge is 2.11. The monoisotopic (exact) mass is 443 g/mol. The highest BCUT2D eigenvalue weighted by molar-refractivity contribution is 7.84. The predicted octanol–water partition coefficient (Wildman–Crippen LogP) is 4.67. The maximum absolute atomic E-state index is 12.0. The quantitative estimate of drug-likeness (QED) is 0.537. The van der Waals surface area contributed by atoms with Crippen LogP contribution in [-0.4, -0.2) is 28.9 Å². The molecule has 30 heavy (non-hydrogen) atoms. The van der Waals surface area contributed by atoms with Crippen molar-refractivity contribution in [2.75, 3.05) is 18.2 Å². The molecule has 1 N–H and O–H groups in total. The third-order valence-corrected chi connectivity index (χ3v) is 5.21. The molecule has 0 bridgehead atoms. The largest absolute Gasteiger partial charge is 0.456 e. The fourth-order valence-corrected chi connectivity index (χ4v) is 3.15. The van der Waals surface area contributed by atoms with E-state index >= 15 is 0 Å². The van der Waals surface area contributed by atoms with E-state index in [9.17, 15) is 13.8 Å². The second-order valence-electron chi connectivity index (χ2n) is 6.16. The Balaban J connectivity index is 1.50. The second kappa shape index (κ2) is 10.0. The van der Waals surface area contributed by atoms with E-state index in [0.29, 0.717) is 27.1 Å². The number of nitrogens with one attached hydrogen (secondary N) is 1. The first-order valence-electron chi connectivity index (χ1n) is 8.85. The van der Waals surface area contributed by atoms with Crippen LogP contribution in [0.15, 0.2) is 77.7 Å². The number of hydrogen-bond acceptors (Lipinski definition) is 5. The van der Waals surface area contributed by atoms with Crippen LogP contribution in [0.4, 0.5) is 5.69 Å². The molecule has 3 aromatic rings. The zero-order chi connectivity index (χ0) is 21.5. The Labute approximate surface area is 181 Å². The lowest BCUT2D eigenvalue weighted by Gasteiger charge is -2.09. The van der Waals surface area contributed by atoms with Crippen molar-refractivity contribution in [1.82, 2.24) is 0 Å². The first-order valence-corrected chi connectivity index (χ1v) is 10.8. The molecular formula is C22H18ClNO5S. The maximum Gasteiger partial charge on any atom is 0.338 e. The molecule has 1 unspecified atom stereocenters. The molecule has 0 saturated carbocycles. The van der Waals surface area contributed by atoms with Crippen molar-refractivity contribution in [3.05, 3.63) is 83.4 Å². The average Bonchev–Trinajstić information content (AvgIpc) is 2.75. The van der Waals surface area contributed by atoms with E-state index in [2.05, 4.69) is 5.32 Å². The van der Waals surface area contributed by atoms with Gasteiger partial charge in [-0.05, 0) is 60.7 Å². The smallest absolute Gasteiger partial charge is 0.338 e. The number of benzene rings is 3. The van der Waals surface area contributed by atoms with Crippen molar-refractivity contribution in [3.8, 4) is 11.5 Å². The summed E-state index contributed by atoms with van der Waals surface area (Å²) in [7, 11) is -1.13. The third-order valence-electron chi connectivity index (χ3n) is 3.96. The first kappa shape index (κ1) is 21.5. The molecule has 0 aliphatic heterocycles. The normalized spacial score (nSPS) is 11.4. The summed E-state index contributed by atoms with van der Waals surface area (Å²) in [6, 6.07) is 20.0. The van der Waals surface area contributed by atoms with E-state index in [1.807, 2.05) is 12.1 Å². The van der Waals surface area contributed by atoms with Crippen LogP contribution < -0.4 is 10.1 Å². The average molecular weight is 444 g/mol. The summed E-state index contributed by atoms with van der Waals surface area (Å²) in [5, 5.41) is 3.13. The van der Waals surface area contributed by atoms with Crippen LogP contribution in [0.1, 0.15) is 10.4 Å². The SMILES string of the molecule is CS(=O)c1ccc(C(=O)OCC(=O)Nc2ccc(Oc3ccccc3Cl)cc2)cc1. The van der Waals surface area contributed by atoms with Crippen LogP contribution in [0, 0.1) is 0 Å². The van der Waals surface area contributed by atoms with Crippen LogP contribution in [0.2, 0.25) is 5.02 Å². The van der Waals surface area contributed by atoms with Gasteiger partial charge in [0.2, 0.25) is 0 Å². The number of para-hydroxylation sites is 1. The minimum Gasteiger partial charge on any atom is -0.456 e. The molecule has 0 heterocycles. The van der Waals surface area contributed by atoms with E-state index in [1.165, 1.54) is 12.1 Å². The number of hydrogen-bond donors (Lipinski definition) is 1. The minimum atomic E-state index is -1.13. The number of esters is 1. The summed E-state index contributed by atoms with van der Waals surface area (Å²) >= 11 is 6.06. The number of amides is 1. The van der Waals surface area contributed by atoms with E-state index in [0.717, 1.165) is 0 Å². The van der Waals surface area contributed by atoms with Crippen LogP contribution in [0.3, 0.4) is 0 Å². The predicted molar refractivity (Wildman–Crippen MR) is 116 cm³/mol. The summed E-state index contributed by atoms with van der Waals surface area (Å²) in [6.45, 7) is -0.432. The van der Waals surface area contributed by atoms with Crippen molar-refractivity contribution in [1.29, 1.82) is 0 Å². The number of halogens is 1. The van der Waals surface area contributed by atoms with Crippen LogP contribution in [0.5, 0.6) is 11.5 Å². The Morgan fingerprint density at radius 1 is 0.967 bits per heavy atom. The van der Waals surface area contributed by atoms with Crippen LogP contribution in [0.25, 0.3) is 0 Å². The number of ether oxygens (including phenoxy) is 2. The van der Waals surface area contributed by atoms with Crippen LogP contribution >= 0.6 is 11.6 Å². The van der Waals surface area contributed by atoms with Gasteiger partial charge in [0.25, 0.3) is 5.91 Å². The first-order chi connectivity index (χ1) is 14.4. The number of rotatable bonds is 7. The molecule has 0 aliphatic carbocycles. The van der Waals surface area contributed by atoms with Crippen molar-refractivity contribution in [2.24, 2.45) is 0 Å². The minimum absolute atomic E-state index is 0.276. The van der Waals surface area contributed by atoms with E-state index in [4.69, 9.17) is 21.1 Å².